The number of rotatable bonds is 5. The third kappa shape index (κ3) is 3.02. The van der Waals surface area contributed by atoms with Crippen LogP contribution >= 0.6 is 0 Å². The lowest BCUT2D eigenvalue weighted by molar-refractivity contribution is 0.243. The highest BCUT2D eigenvalue weighted by Gasteiger charge is 2.10. The summed E-state index contributed by atoms with van der Waals surface area (Å²) in [6, 6.07) is 5.50. The third-order valence-corrected chi connectivity index (χ3v) is 2.52. The third-order valence-electron chi connectivity index (χ3n) is 2.52. The minimum Gasteiger partial charge on any atom is -0.394 e. The first-order valence-electron chi connectivity index (χ1n) is 5.42. The molecular weight excluding hydrogens is 239 g/mol. The number of nitrogens with one attached hydrogen (secondary N) is 3. The van der Waals surface area contributed by atoms with Crippen LogP contribution in [-0.2, 0) is 6.54 Å². The standard InChI is InChI=1S/C11H13FN4O2/c12-8-3-1-7(2-4-8)9(6-17)13-5-10-14-11(18)16-15-10/h1-4,9,13,17H,5-6H2,(H2,14,15,16,18)/t9-/m1/s1. The number of halogens is 1. The van der Waals surface area contributed by atoms with E-state index >= 15 is 0 Å². The predicted molar refractivity (Wildman–Crippen MR) is 62.3 cm³/mol. The number of H-pyrrole nitrogens is 2. The minimum atomic E-state index is -0.380. The van der Waals surface area contributed by atoms with Gasteiger partial charge in [0.05, 0.1) is 19.2 Å². The second kappa shape index (κ2) is 5.56. The van der Waals surface area contributed by atoms with Crippen LogP contribution in [0.5, 0.6) is 0 Å². The monoisotopic (exact) mass is 252 g/mol. The van der Waals surface area contributed by atoms with E-state index in [-0.39, 0.29) is 24.2 Å². The molecule has 6 nitrogen and oxygen atoms in total. The van der Waals surface area contributed by atoms with E-state index < -0.39 is 0 Å². The minimum absolute atomic E-state index is 0.139. The normalized spacial score (nSPS) is 12.6. The summed E-state index contributed by atoms with van der Waals surface area (Å²) in [6.45, 7) is 0.154. The zero-order valence-electron chi connectivity index (χ0n) is 9.48. The van der Waals surface area contributed by atoms with Gasteiger partial charge in [-0.25, -0.2) is 14.3 Å². The van der Waals surface area contributed by atoms with Gasteiger partial charge >= 0.3 is 5.69 Å². The zero-order chi connectivity index (χ0) is 13.0. The molecule has 1 heterocycles. The first kappa shape index (κ1) is 12.5. The fraction of sp³-hybridized carbons (Fsp3) is 0.273. The molecule has 2 aromatic rings. The summed E-state index contributed by atoms with van der Waals surface area (Å²) >= 11 is 0. The van der Waals surface area contributed by atoms with Crippen LogP contribution < -0.4 is 11.0 Å². The van der Waals surface area contributed by atoms with E-state index in [0.29, 0.717) is 12.4 Å². The van der Waals surface area contributed by atoms with Crippen molar-refractivity contribution < 1.29 is 9.50 Å². The molecule has 1 aromatic carbocycles. The number of hydrogen-bond acceptors (Lipinski definition) is 4. The second-order valence-corrected chi connectivity index (χ2v) is 3.79. The van der Waals surface area contributed by atoms with Crippen molar-refractivity contribution in [3.63, 3.8) is 0 Å². The molecule has 0 fully saturated rings. The first-order chi connectivity index (χ1) is 8.69. The van der Waals surface area contributed by atoms with Gasteiger partial charge in [0, 0.05) is 0 Å². The van der Waals surface area contributed by atoms with Crippen molar-refractivity contribution in [2.24, 2.45) is 0 Å². The highest BCUT2D eigenvalue weighted by Crippen LogP contribution is 2.13. The Balaban J connectivity index is 2.01. The molecule has 1 aromatic heterocycles. The zero-order valence-corrected chi connectivity index (χ0v) is 9.48. The molecule has 0 spiro atoms. The number of aliphatic hydroxyl groups is 1. The molecule has 0 saturated carbocycles. The average Bonchev–Trinajstić information content (AvgIpc) is 2.78. The molecular formula is C11H13FN4O2. The number of aromatic amines is 2. The average molecular weight is 252 g/mol. The summed E-state index contributed by atoms with van der Waals surface area (Å²) in [7, 11) is 0. The van der Waals surface area contributed by atoms with Crippen LogP contribution in [0.15, 0.2) is 29.1 Å². The molecule has 0 aliphatic heterocycles. The van der Waals surface area contributed by atoms with E-state index in [9.17, 15) is 14.3 Å². The summed E-state index contributed by atoms with van der Waals surface area (Å²) in [5.74, 6) is 0.118. The van der Waals surface area contributed by atoms with Gasteiger partial charge in [0.25, 0.3) is 0 Å². The molecule has 0 amide bonds. The lowest BCUT2D eigenvalue weighted by atomic mass is 10.1. The van der Waals surface area contributed by atoms with Gasteiger partial charge in [-0.1, -0.05) is 12.1 Å². The van der Waals surface area contributed by atoms with Crippen LogP contribution in [-0.4, -0.2) is 26.9 Å². The van der Waals surface area contributed by atoms with Crippen molar-refractivity contribution in [3.8, 4) is 0 Å². The van der Waals surface area contributed by atoms with E-state index in [0.717, 1.165) is 5.56 Å². The first-order valence-corrected chi connectivity index (χ1v) is 5.42. The van der Waals surface area contributed by atoms with Gasteiger partial charge in [-0.15, -0.1) is 0 Å². The Kier molecular flexibility index (Phi) is 3.85. The fourth-order valence-electron chi connectivity index (χ4n) is 1.59. The topological polar surface area (TPSA) is 93.8 Å². The molecule has 0 saturated heterocycles. The Labute approximate surface area is 102 Å². The van der Waals surface area contributed by atoms with Gasteiger partial charge in [-0.2, -0.15) is 5.10 Å². The van der Waals surface area contributed by atoms with E-state index in [1.54, 1.807) is 12.1 Å². The summed E-state index contributed by atoms with van der Waals surface area (Å²) in [5, 5.41) is 18.3. The van der Waals surface area contributed by atoms with Crippen molar-refractivity contribution in [2.75, 3.05) is 6.61 Å². The molecule has 7 heteroatoms. The largest absolute Gasteiger partial charge is 0.394 e. The molecule has 18 heavy (non-hydrogen) atoms. The summed E-state index contributed by atoms with van der Waals surface area (Å²) in [4.78, 5) is 13.3. The molecule has 0 aliphatic carbocycles. The van der Waals surface area contributed by atoms with Gasteiger partial charge in [0.2, 0.25) is 0 Å². The lowest BCUT2D eigenvalue weighted by Crippen LogP contribution is -2.24. The Morgan fingerprint density at radius 2 is 2.11 bits per heavy atom. The Bertz CT molecular complexity index is 549. The summed E-state index contributed by atoms with van der Waals surface area (Å²) in [6.07, 6.45) is 0. The van der Waals surface area contributed by atoms with Crippen LogP contribution in [0.25, 0.3) is 0 Å². The fourth-order valence-corrected chi connectivity index (χ4v) is 1.59. The van der Waals surface area contributed by atoms with Crippen molar-refractivity contribution in [1.82, 2.24) is 20.5 Å². The van der Waals surface area contributed by atoms with Crippen LogP contribution in [0.2, 0.25) is 0 Å². The van der Waals surface area contributed by atoms with Crippen molar-refractivity contribution in [3.05, 3.63) is 52.0 Å². The number of benzene rings is 1. The lowest BCUT2D eigenvalue weighted by Gasteiger charge is -2.15. The van der Waals surface area contributed by atoms with Crippen molar-refractivity contribution >= 4 is 0 Å². The maximum absolute atomic E-state index is 12.8. The van der Waals surface area contributed by atoms with E-state index in [2.05, 4.69) is 20.5 Å². The van der Waals surface area contributed by atoms with Crippen LogP contribution in [0.3, 0.4) is 0 Å². The van der Waals surface area contributed by atoms with E-state index in [1.165, 1.54) is 12.1 Å². The number of aliphatic hydroxyl groups excluding tert-OH is 1. The maximum atomic E-state index is 12.8. The van der Waals surface area contributed by atoms with E-state index in [4.69, 9.17) is 0 Å². The molecule has 4 N–H and O–H groups in total. The molecule has 0 bridgehead atoms. The maximum Gasteiger partial charge on any atom is 0.340 e. The Hall–Kier alpha value is -1.99. The Morgan fingerprint density at radius 3 is 2.67 bits per heavy atom. The van der Waals surface area contributed by atoms with Gasteiger partial charge in [0.15, 0.2) is 0 Å². The number of nitrogens with zero attached hydrogens (tertiary/aromatic N) is 1. The van der Waals surface area contributed by atoms with Crippen LogP contribution in [0.4, 0.5) is 4.39 Å². The molecule has 1 atom stereocenters. The number of hydrogen-bond donors (Lipinski definition) is 4. The highest BCUT2D eigenvalue weighted by molar-refractivity contribution is 5.20. The summed E-state index contributed by atoms with van der Waals surface area (Å²) < 4.78 is 12.8. The molecule has 96 valence electrons. The van der Waals surface area contributed by atoms with Gasteiger partial charge < -0.3 is 10.4 Å². The van der Waals surface area contributed by atoms with Gasteiger partial charge in [0.1, 0.15) is 11.6 Å². The number of aromatic nitrogens is 3. The Morgan fingerprint density at radius 1 is 1.39 bits per heavy atom. The molecule has 2 rings (SSSR count). The van der Waals surface area contributed by atoms with Crippen molar-refractivity contribution in [1.29, 1.82) is 0 Å². The van der Waals surface area contributed by atoms with Crippen LogP contribution in [0, 0.1) is 5.82 Å². The predicted octanol–water partition coefficient (Wildman–Crippen LogP) is 0.0603. The highest BCUT2D eigenvalue weighted by atomic mass is 19.1. The van der Waals surface area contributed by atoms with Gasteiger partial charge in [-0.3, -0.25) is 4.98 Å². The molecule has 0 radical (unpaired) electrons. The molecule has 0 aliphatic rings. The van der Waals surface area contributed by atoms with E-state index in [1.807, 2.05) is 0 Å². The summed E-state index contributed by atoms with van der Waals surface area (Å²) in [5.41, 5.74) is 0.380. The smallest absolute Gasteiger partial charge is 0.340 e. The second-order valence-electron chi connectivity index (χ2n) is 3.79. The van der Waals surface area contributed by atoms with Crippen LogP contribution in [0.1, 0.15) is 17.4 Å². The SMILES string of the molecule is O=c1[nH]nc(CN[C@H](CO)c2ccc(F)cc2)[nH]1. The van der Waals surface area contributed by atoms with Crippen molar-refractivity contribution in [2.45, 2.75) is 12.6 Å². The quantitative estimate of drug-likeness (QED) is 0.605. The van der Waals surface area contributed by atoms with Gasteiger partial charge in [-0.05, 0) is 17.7 Å². The molecule has 0 unspecified atom stereocenters.